The summed E-state index contributed by atoms with van der Waals surface area (Å²) in [5, 5.41) is 14.4. The maximum Gasteiger partial charge on any atom is 0.145 e. The molecule has 0 saturated heterocycles. The highest BCUT2D eigenvalue weighted by atomic mass is 16.6. The van der Waals surface area contributed by atoms with Crippen LogP contribution < -0.4 is 4.74 Å². The quantitative estimate of drug-likeness (QED) is 0.654. The summed E-state index contributed by atoms with van der Waals surface area (Å²) in [4.78, 5) is 7.79. The van der Waals surface area contributed by atoms with Gasteiger partial charge in [0, 0.05) is 26.1 Å². The van der Waals surface area contributed by atoms with E-state index in [9.17, 15) is 5.11 Å². The summed E-state index contributed by atoms with van der Waals surface area (Å²) in [5.74, 6) is 1.31. The van der Waals surface area contributed by atoms with Crippen LogP contribution in [0.1, 0.15) is 32.8 Å². The van der Waals surface area contributed by atoms with Crippen LogP contribution >= 0.6 is 0 Å². The third kappa shape index (κ3) is 6.59. The standard InChI is InChI=1S/C20H32N2O4/c1-5-22(11-17(23)14-25-13-15(2)3)12-19-10-20(21-26-19)16-6-8-18(24-4)9-7-16/h6-9,15,17,19,23H,5,10-14H2,1-4H3/t17-,19+/m0/s1. The lowest BCUT2D eigenvalue weighted by atomic mass is 10.0. The van der Waals surface area contributed by atoms with Gasteiger partial charge in [-0.25, -0.2) is 0 Å². The Bertz CT molecular complexity index is 559. The molecule has 1 aromatic rings. The molecule has 1 aliphatic heterocycles. The normalized spacial score (nSPS) is 18.1. The third-order valence-corrected chi connectivity index (χ3v) is 4.30. The van der Waals surface area contributed by atoms with E-state index in [0.29, 0.717) is 25.7 Å². The molecule has 0 aromatic heterocycles. The summed E-state index contributed by atoms with van der Waals surface area (Å²) < 4.78 is 10.7. The van der Waals surface area contributed by atoms with Crippen molar-refractivity contribution in [1.82, 2.24) is 4.90 Å². The summed E-state index contributed by atoms with van der Waals surface area (Å²) in [6.45, 7) is 9.49. The average molecular weight is 364 g/mol. The number of oxime groups is 1. The maximum absolute atomic E-state index is 10.2. The number of nitrogens with zero attached hydrogens (tertiary/aromatic N) is 2. The topological polar surface area (TPSA) is 63.5 Å². The first-order valence-electron chi connectivity index (χ1n) is 9.37. The van der Waals surface area contributed by atoms with Crippen molar-refractivity contribution in [3.05, 3.63) is 29.8 Å². The van der Waals surface area contributed by atoms with Crippen molar-refractivity contribution in [3.63, 3.8) is 0 Å². The van der Waals surface area contributed by atoms with Crippen LogP contribution in [0.15, 0.2) is 29.4 Å². The molecule has 1 N–H and O–H groups in total. The molecule has 1 aromatic carbocycles. The van der Waals surface area contributed by atoms with Crippen LogP contribution in [0.3, 0.4) is 0 Å². The second-order valence-corrected chi connectivity index (χ2v) is 7.14. The lowest BCUT2D eigenvalue weighted by Crippen LogP contribution is -2.39. The summed E-state index contributed by atoms with van der Waals surface area (Å²) in [7, 11) is 1.66. The molecule has 0 unspecified atom stereocenters. The van der Waals surface area contributed by atoms with Crippen LogP contribution in [-0.2, 0) is 9.57 Å². The van der Waals surface area contributed by atoms with Crippen molar-refractivity contribution < 1.29 is 19.4 Å². The van der Waals surface area contributed by atoms with Gasteiger partial charge in [0.2, 0.25) is 0 Å². The minimum absolute atomic E-state index is 0.0100. The van der Waals surface area contributed by atoms with Crippen LogP contribution in [-0.4, -0.2) is 67.9 Å². The fourth-order valence-corrected chi connectivity index (χ4v) is 2.89. The number of likely N-dealkylation sites (N-methyl/N-ethyl adjacent to an activating group) is 1. The number of rotatable bonds is 11. The van der Waals surface area contributed by atoms with Gasteiger partial charge < -0.3 is 19.4 Å². The summed E-state index contributed by atoms with van der Waals surface area (Å²) >= 11 is 0. The fraction of sp³-hybridized carbons (Fsp3) is 0.650. The van der Waals surface area contributed by atoms with Crippen molar-refractivity contribution >= 4 is 5.71 Å². The second-order valence-electron chi connectivity index (χ2n) is 7.14. The Kier molecular flexibility index (Phi) is 8.35. The zero-order valence-corrected chi connectivity index (χ0v) is 16.4. The van der Waals surface area contributed by atoms with Crippen LogP contribution in [0.5, 0.6) is 5.75 Å². The molecule has 0 aliphatic carbocycles. The number of benzene rings is 1. The first kappa shape index (κ1) is 20.7. The maximum atomic E-state index is 10.2. The highest BCUT2D eigenvalue weighted by molar-refractivity contribution is 6.01. The smallest absolute Gasteiger partial charge is 0.145 e. The first-order chi connectivity index (χ1) is 12.5. The van der Waals surface area contributed by atoms with E-state index in [4.69, 9.17) is 14.3 Å². The van der Waals surface area contributed by atoms with Gasteiger partial charge in [-0.3, -0.25) is 4.90 Å². The number of methoxy groups -OCH3 is 1. The Labute approximate surface area is 156 Å². The molecule has 6 heteroatoms. The van der Waals surface area contributed by atoms with E-state index in [2.05, 4.69) is 30.8 Å². The highest BCUT2D eigenvalue weighted by Crippen LogP contribution is 2.20. The summed E-state index contributed by atoms with van der Waals surface area (Å²) in [5.41, 5.74) is 2.01. The minimum Gasteiger partial charge on any atom is -0.497 e. The van der Waals surface area contributed by atoms with Gasteiger partial charge in [0.05, 0.1) is 25.5 Å². The van der Waals surface area contributed by atoms with Crippen molar-refractivity contribution in [3.8, 4) is 5.75 Å². The van der Waals surface area contributed by atoms with Crippen LogP contribution in [0.2, 0.25) is 0 Å². The lowest BCUT2D eigenvalue weighted by Gasteiger charge is -2.25. The Hall–Kier alpha value is -1.63. The largest absolute Gasteiger partial charge is 0.497 e. The number of aliphatic hydroxyl groups excluding tert-OH is 1. The van der Waals surface area contributed by atoms with Crippen molar-refractivity contribution in [2.45, 2.75) is 39.4 Å². The first-order valence-corrected chi connectivity index (χ1v) is 9.37. The van der Waals surface area contributed by atoms with Gasteiger partial charge >= 0.3 is 0 Å². The molecule has 0 amide bonds. The van der Waals surface area contributed by atoms with Gasteiger partial charge in [-0.1, -0.05) is 25.9 Å². The molecule has 1 heterocycles. The molecule has 0 fully saturated rings. The average Bonchev–Trinajstić information content (AvgIpc) is 3.09. The second kappa shape index (κ2) is 10.5. The van der Waals surface area contributed by atoms with E-state index in [1.54, 1.807) is 7.11 Å². The van der Waals surface area contributed by atoms with Crippen LogP contribution in [0.25, 0.3) is 0 Å². The molecular weight excluding hydrogens is 332 g/mol. The summed E-state index contributed by atoms with van der Waals surface area (Å²) in [6, 6.07) is 7.85. The number of ether oxygens (including phenoxy) is 2. The van der Waals surface area contributed by atoms with Gasteiger partial charge in [0.15, 0.2) is 0 Å². The Morgan fingerprint density at radius 1 is 1.27 bits per heavy atom. The van der Waals surface area contributed by atoms with E-state index in [1.807, 2.05) is 24.3 Å². The van der Waals surface area contributed by atoms with E-state index in [-0.39, 0.29) is 6.10 Å². The molecule has 0 bridgehead atoms. The van der Waals surface area contributed by atoms with Gasteiger partial charge in [-0.2, -0.15) is 0 Å². The minimum atomic E-state index is -0.489. The molecule has 6 nitrogen and oxygen atoms in total. The zero-order valence-electron chi connectivity index (χ0n) is 16.4. The lowest BCUT2D eigenvalue weighted by molar-refractivity contribution is -0.00421. The van der Waals surface area contributed by atoms with Crippen molar-refractivity contribution in [2.75, 3.05) is 40.0 Å². The van der Waals surface area contributed by atoms with Gasteiger partial charge in [0.1, 0.15) is 11.9 Å². The molecule has 2 atom stereocenters. The monoisotopic (exact) mass is 364 g/mol. The number of hydrogen-bond acceptors (Lipinski definition) is 6. The SMILES string of the molecule is CCN(C[C@H](O)COCC(C)C)C[C@H]1CC(c2ccc(OC)cc2)=NO1. The summed E-state index contributed by atoms with van der Waals surface area (Å²) in [6.07, 6.45) is 0.288. The molecule has 2 rings (SSSR count). The fourth-order valence-electron chi connectivity index (χ4n) is 2.89. The Balaban J connectivity index is 1.77. The predicted octanol–water partition coefficient (Wildman–Crippen LogP) is 2.54. The molecule has 0 radical (unpaired) electrons. The van der Waals surface area contributed by atoms with E-state index >= 15 is 0 Å². The van der Waals surface area contributed by atoms with Gasteiger partial charge in [-0.05, 0) is 42.3 Å². The Morgan fingerprint density at radius 2 is 2.00 bits per heavy atom. The van der Waals surface area contributed by atoms with Gasteiger partial charge in [0.25, 0.3) is 0 Å². The van der Waals surface area contributed by atoms with Crippen LogP contribution in [0, 0.1) is 5.92 Å². The third-order valence-electron chi connectivity index (χ3n) is 4.30. The van der Waals surface area contributed by atoms with E-state index in [0.717, 1.165) is 36.5 Å². The molecule has 0 saturated carbocycles. The zero-order chi connectivity index (χ0) is 18.9. The van der Waals surface area contributed by atoms with Gasteiger partial charge in [-0.15, -0.1) is 0 Å². The van der Waals surface area contributed by atoms with E-state index < -0.39 is 6.10 Å². The van der Waals surface area contributed by atoms with E-state index in [1.165, 1.54) is 0 Å². The predicted molar refractivity (Wildman–Crippen MR) is 103 cm³/mol. The van der Waals surface area contributed by atoms with Crippen LogP contribution in [0.4, 0.5) is 0 Å². The molecule has 1 aliphatic rings. The molecular formula is C20H32N2O4. The Morgan fingerprint density at radius 3 is 2.62 bits per heavy atom. The highest BCUT2D eigenvalue weighted by Gasteiger charge is 2.25. The molecule has 26 heavy (non-hydrogen) atoms. The van der Waals surface area contributed by atoms with Crippen molar-refractivity contribution in [2.24, 2.45) is 11.1 Å². The number of aliphatic hydroxyl groups is 1. The van der Waals surface area contributed by atoms with Crippen molar-refractivity contribution in [1.29, 1.82) is 0 Å². The number of hydrogen-bond donors (Lipinski definition) is 1. The molecule has 146 valence electrons. The molecule has 0 spiro atoms.